The van der Waals surface area contributed by atoms with Gasteiger partial charge in [-0.15, -0.1) is 0 Å². The molecule has 1 unspecified atom stereocenters. The number of halogens is 2. The third kappa shape index (κ3) is 2.45. The van der Waals surface area contributed by atoms with Crippen LogP contribution in [-0.4, -0.2) is 19.9 Å². The second kappa shape index (κ2) is 4.81. The monoisotopic (exact) mass is 255 g/mol. The summed E-state index contributed by atoms with van der Waals surface area (Å²) in [5.41, 5.74) is 0.356. The van der Waals surface area contributed by atoms with Gasteiger partial charge < -0.3 is 5.11 Å². The van der Waals surface area contributed by atoms with Crippen molar-refractivity contribution in [2.24, 2.45) is 7.05 Å². The van der Waals surface area contributed by atoms with E-state index < -0.39 is 11.9 Å². The molecule has 0 saturated carbocycles. The molecule has 1 atom stereocenters. The van der Waals surface area contributed by atoms with Gasteiger partial charge in [0, 0.05) is 19.0 Å². The number of aliphatic hydroxyl groups is 1. The second-order valence-electron chi connectivity index (χ2n) is 3.66. The number of aliphatic hydroxyl groups excluding tert-OH is 1. The van der Waals surface area contributed by atoms with Gasteiger partial charge in [0.1, 0.15) is 18.0 Å². The maximum atomic E-state index is 13.2. The summed E-state index contributed by atoms with van der Waals surface area (Å²) < 4.78 is 14.8. The van der Waals surface area contributed by atoms with Gasteiger partial charge in [-0.1, -0.05) is 23.7 Å². The minimum Gasteiger partial charge on any atom is -0.388 e. The van der Waals surface area contributed by atoms with E-state index >= 15 is 0 Å². The molecular formula is C11H11ClFN3O. The standard InChI is InChI=1S/C11H11ClFN3O/c1-16-10(14-6-15-16)5-9(17)7-3-2-4-8(13)11(7)12/h2-4,6,9,17H,5H2,1H3. The minimum absolute atomic E-state index is 0.0535. The molecule has 1 N–H and O–H groups in total. The van der Waals surface area contributed by atoms with Crippen molar-refractivity contribution in [3.8, 4) is 0 Å². The Morgan fingerprint density at radius 1 is 1.53 bits per heavy atom. The molecule has 0 aliphatic heterocycles. The molecule has 17 heavy (non-hydrogen) atoms. The maximum absolute atomic E-state index is 13.2. The number of benzene rings is 1. The minimum atomic E-state index is -0.902. The molecule has 0 bridgehead atoms. The van der Waals surface area contributed by atoms with Crippen molar-refractivity contribution in [3.63, 3.8) is 0 Å². The van der Waals surface area contributed by atoms with E-state index in [1.165, 1.54) is 18.5 Å². The van der Waals surface area contributed by atoms with Crippen molar-refractivity contribution in [1.82, 2.24) is 14.8 Å². The summed E-state index contributed by atoms with van der Waals surface area (Å²) in [6, 6.07) is 4.35. The number of aromatic nitrogens is 3. The Kier molecular flexibility index (Phi) is 3.40. The smallest absolute Gasteiger partial charge is 0.142 e. The van der Waals surface area contributed by atoms with E-state index in [1.807, 2.05) is 0 Å². The van der Waals surface area contributed by atoms with Gasteiger partial charge in [-0.25, -0.2) is 9.37 Å². The van der Waals surface area contributed by atoms with Gasteiger partial charge in [-0.3, -0.25) is 4.68 Å². The third-order valence-electron chi connectivity index (χ3n) is 2.52. The third-order valence-corrected chi connectivity index (χ3v) is 2.92. The lowest BCUT2D eigenvalue weighted by atomic mass is 10.1. The highest BCUT2D eigenvalue weighted by Crippen LogP contribution is 2.27. The van der Waals surface area contributed by atoms with E-state index in [4.69, 9.17) is 11.6 Å². The predicted molar refractivity (Wildman–Crippen MR) is 61.1 cm³/mol. The van der Waals surface area contributed by atoms with E-state index in [9.17, 15) is 9.50 Å². The highest BCUT2D eigenvalue weighted by molar-refractivity contribution is 6.31. The molecule has 1 aromatic heterocycles. The van der Waals surface area contributed by atoms with Crippen LogP contribution in [0.3, 0.4) is 0 Å². The lowest BCUT2D eigenvalue weighted by Gasteiger charge is -2.12. The molecule has 0 spiro atoms. The molecular weight excluding hydrogens is 245 g/mol. The predicted octanol–water partition coefficient (Wildman–Crippen LogP) is 1.88. The second-order valence-corrected chi connectivity index (χ2v) is 4.04. The fourth-order valence-electron chi connectivity index (χ4n) is 1.57. The van der Waals surface area contributed by atoms with Crippen LogP contribution in [0.25, 0.3) is 0 Å². The first kappa shape index (κ1) is 12.0. The first-order chi connectivity index (χ1) is 8.09. The largest absolute Gasteiger partial charge is 0.388 e. The van der Waals surface area contributed by atoms with Crippen LogP contribution in [-0.2, 0) is 13.5 Å². The van der Waals surface area contributed by atoms with Gasteiger partial charge in [0.25, 0.3) is 0 Å². The summed E-state index contributed by atoms with van der Waals surface area (Å²) in [6.07, 6.45) is 0.732. The summed E-state index contributed by atoms with van der Waals surface area (Å²) in [4.78, 5) is 3.99. The van der Waals surface area contributed by atoms with Crippen LogP contribution >= 0.6 is 11.6 Å². The van der Waals surface area contributed by atoms with Crippen LogP contribution in [0.5, 0.6) is 0 Å². The Bertz CT molecular complexity index is 529. The van der Waals surface area contributed by atoms with Gasteiger partial charge in [0.05, 0.1) is 11.1 Å². The zero-order chi connectivity index (χ0) is 12.4. The molecule has 2 rings (SSSR count). The van der Waals surface area contributed by atoms with Crippen LogP contribution in [0.2, 0.25) is 5.02 Å². The first-order valence-corrected chi connectivity index (χ1v) is 5.42. The highest BCUT2D eigenvalue weighted by atomic mass is 35.5. The topological polar surface area (TPSA) is 50.9 Å². The van der Waals surface area contributed by atoms with E-state index in [-0.39, 0.29) is 11.4 Å². The lowest BCUT2D eigenvalue weighted by Crippen LogP contribution is -2.08. The van der Waals surface area contributed by atoms with Crippen LogP contribution in [0.4, 0.5) is 4.39 Å². The first-order valence-electron chi connectivity index (χ1n) is 5.04. The quantitative estimate of drug-likeness (QED) is 0.911. The van der Waals surface area contributed by atoms with E-state index in [0.717, 1.165) is 0 Å². The van der Waals surface area contributed by atoms with Gasteiger partial charge in [0.15, 0.2) is 0 Å². The van der Waals surface area contributed by atoms with Crippen molar-refractivity contribution >= 4 is 11.6 Å². The zero-order valence-electron chi connectivity index (χ0n) is 9.14. The SMILES string of the molecule is Cn1ncnc1CC(O)c1cccc(F)c1Cl. The number of hydrogen-bond donors (Lipinski definition) is 1. The number of aryl methyl sites for hydroxylation is 1. The Hall–Kier alpha value is -1.46. The molecule has 0 aliphatic rings. The fraction of sp³-hybridized carbons (Fsp3) is 0.273. The van der Waals surface area contributed by atoms with E-state index in [1.54, 1.807) is 17.8 Å². The van der Waals surface area contributed by atoms with Gasteiger partial charge in [-0.05, 0) is 6.07 Å². The Labute approximate surface area is 103 Å². The molecule has 2 aromatic rings. The molecule has 90 valence electrons. The van der Waals surface area contributed by atoms with Crippen LogP contribution < -0.4 is 0 Å². The van der Waals surface area contributed by atoms with Crippen molar-refractivity contribution in [2.45, 2.75) is 12.5 Å². The average Bonchev–Trinajstić information content (AvgIpc) is 2.68. The number of hydrogen-bond acceptors (Lipinski definition) is 3. The Morgan fingerprint density at radius 2 is 2.29 bits per heavy atom. The van der Waals surface area contributed by atoms with Crippen LogP contribution in [0.1, 0.15) is 17.5 Å². The lowest BCUT2D eigenvalue weighted by molar-refractivity contribution is 0.174. The summed E-state index contributed by atoms with van der Waals surface area (Å²) in [7, 11) is 1.72. The highest BCUT2D eigenvalue weighted by Gasteiger charge is 2.16. The van der Waals surface area contributed by atoms with Crippen molar-refractivity contribution < 1.29 is 9.50 Å². The molecule has 0 aliphatic carbocycles. The van der Waals surface area contributed by atoms with Gasteiger partial charge in [0.2, 0.25) is 0 Å². The molecule has 0 saturated heterocycles. The van der Waals surface area contributed by atoms with E-state index in [0.29, 0.717) is 11.4 Å². The molecule has 1 heterocycles. The van der Waals surface area contributed by atoms with Gasteiger partial charge in [-0.2, -0.15) is 5.10 Å². The summed E-state index contributed by atoms with van der Waals surface area (Å²) >= 11 is 5.79. The van der Waals surface area contributed by atoms with E-state index in [2.05, 4.69) is 10.1 Å². The van der Waals surface area contributed by atoms with Crippen LogP contribution in [0.15, 0.2) is 24.5 Å². The molecule has 1 aromatic carbocycles. The maximum Gasteiger partial charge on any atom is 0.142 e. The van der Waals surface area contributed by atoms with Gasteiger partial charge >= 0.3 is 0 Å². The zero-order valence-corrected chi connectivity index (χ0v) is 9.89. The van der Waals surface area contributed by atoms with Crippen molar-refractivity contribution in [1.29, 1.82) is 0 Å². The fourth-order valence-corrected chi connectivity index (χ4v) is 1.82. The van der Waals surface area contributed by atoms with Crippen LogP contribution in [0, 0.1) is 5.82 Å². The Morgan fingerprint density at radius 3 is 2.94 bits per heavy atom. The normalized spacial score (nSPS) is 12.7. The van der Waals surface area contributed by atoms with Crippen molar-refractivity contribution in [3.05, 3.63) is 46.8 Å². The average molecular weight is 256 g/mol. The van der Waals surface area contributed by atoms with Crippen molar-refractivity contribution in [2.75, 3.05) is 0 Å². The molecule has 0 amide bonds. The molecule has 0 fully saturated rings. The molecule has 0 radical (unpaired) electrons. The molecule has 6 heteroatoms. The number of rotatable bonds is 3. The summed E-state index contributed by atoms with van der Waals surface area (Å²) in [6.45, 7) is 0. The summed E-state index contributed by atoms with van der Waals surface area (Å²) in [5, 5.41) is 13.8. The molecule has 4 nitrogen and oxygen atoms in total. The summed E-state index contributed by atoms with van der Waals surface area (Å²) in [5.74, 6) is 0.0685. The number of nitrogens with zero attached hydrogens (tertiary/aromatic N) is 3. The Balaban J connectivity index is 2.23.